The molecule has 2 aromatic rings. The summed E-state index contributed by atoms with van der Waals surface area (Å²) in [5, 5.41) is 10.2. The zero-order chi connectivity index (χ0) is 18.1. The van der Waals surface area contributed by atoms with Gasteiger partial charge in [0.2, 0.25) is 10.0 Å². The van der Waals surface area contributed by atoms with Crippen molar-refractivity contribution in [2.75, 3.05) is 6.54 Å². The Balaban J connectivity index is 2.07. The van der Waals surface area contributed by atoms with Gasteiger partial charge < -0.3 is 9.52 Å². The Bertz CT molecular complexity index is 814. The van der Waals surface area contributed by atoms with E-state index in [1.54, 1.807) is 26.8 Å². The Morgan fingerprint density at radius 2 is 1.67 bits per heavy atom. The molecule has 2 N–H and O–H groups in total. The van der Waals surface area contributed by atoms with Gasteiger partial charge in [0.05, 0.1) is 11.0 Å². The molecule has 5 nitrogen and oxygen atoms in total. The van der Waals surface area contributed by atoms with Crippen LogP contribution in [0.3, 0.4) is 0 Å². The Morgan fingerprint density at radius 3 is 2.17 bits per heavy atom. The van der Waals surface area contributed by atoms with Crippen molar-refractivity contribution in [3.8, 4) is 0 Å². The minimum Gasteiger partial charge on any atom is -0.466 e. The molecule has 0 aliphatic carbocycles. The molecule has 1 aromatic heterocycles. The summed E-state index contributed by atoms with van der Waals surface area (Å²) >= 11 is 0. The van der Waals surface area contributed by atoms with Crippen LogP contribution in [0.1, 0.15) is 46.3 Å². The number of aryl methyl sites for hydroxylation is 5. The van der Waals surface area contributed by atoms with Crippen molar-refractivity contribution in [3.05, 3.63) is 52.0 Å². The quantitative estimate of drug-likeness (QED) is 0.837. The molecule has 0 aliphatic rings. The van der Waals surface area contributed by atoms with Crippen molar-refractivity contribution in [2.24, 2.45) is 0 Å². The summed E-state index contributed by atoms with van der Waals surface area (Å²) in [6, 6.07) is 5.49. The molecular formula is C18H25NO4S. The molecule has 1 aromatic carbocycles. The molecule has 1 atom stereocenters. The zero-order valence-electron chi connectivity index (χ0n) is 14.8. The van der Waals surface area contributed by atoms with Crippen LogP contribution in [0.4, 0.5) is 0 Å². The van der Waals surface area contributed by atoms with E-state index in [-0.39, 0.29) is 13.0 Å². The van der Waals surface area contributed by atoms with E-state index in [2.05, 4.69) is 4.72 Å². The van der Waals surface area contributed by atoms with Crippen molar-refractivity contribution in [3.63, 3.8) is 0 Å². The standard InChI is InChI=1S/C18H25NO4S/c1-11-8-12(2)18(13(3)9-11)24(21,22)19-7-6-17(20)16-10-14(4)23-15(16)5/h8-10,17,19-20H,6-7H2,1-5H3. The lowest BCUT2D eigenvalue weighted by atomic mass is 10.1. The summed E-state index contributed by atoms with van der Waals surface area (Å²) in [5.41, 5.74) is 3.18. The first-order valence-electron chi connectivity index (χ1n) is 7.94. The number of aliphatic hydroxyl groups excluding tert-OH is 1. The Kier molecular flexibility index (Phi) is 5.52. The first-order valence-corrected chi connectivity index (χ1v) is 9.42. The molecule has 132 valence electrons. The van der Waals surface area contributed by atoms with Crippen LogP contribution in [-0.4, -0.2) is 20.1 Å². The number of aliphatic hydroxyl groups is 1. The third-order valence-corrected chi connectivity index (χ3v) is 5.79. The van der Waals surface area contributed by atoms with E-state index in [1.807, 2.05) is 26.0 Å². The highest BCUT2D eigenvalue weighted by molar-refractivity contribution is 7.89. The number of furan rings is 1. The van der Waals surface area contributed by atoms with Crippen molar-refractivity contribution in [1.29, 1.82) is 0 Å². The fourth-order valence-electron chi connectivity index (χ4n) is 3.13. The van der Waals surface area contributed by atoms with E-state index in [0.717, 1.165) is 22.5 Å². The summed E-state index contributed by atoms with van der Waals surface area (Å²) in [6.45, 7) is 9.28. The van der Waals surface area contributed by atoms with Crippen molar-refractivity contribution in [1.82, 2.24) is 4.72 Å². The van der Waals surface area contributed by atoms with E-state index in [9.17, 15) is 13.5 Å². The highest BCUT2D eigenvalue weighted by Crippen LogP contribution is 2.24. The number of hydrogen-bond donors (Lipinski definition) is 2. The van der Waals surface area contributed by atoms with Gasteiger partial charge in [-0.15, -0.1) is 0 Å². The van der Waals surface area contributed by atoms with E-state index >= 15 is 0 Å². The van der Waals surface area contributed by atoms with Crippen LogP contribution < -0.4 is 4.72 Å². The van der Waals surface area contributed by atoms with Crippen molar-refractivity contribution in [2.45, 2.75) is 52.0 Å². The van der Waals surface area contributed by atoms with Gasteiger partial charge in [-0.25, -0.2) is 13.1 Å². The maximum atomic E-state index is 12.6. The van der Waals surface area contributed by atoms with E-state index < -0.39 is 16.1 Å². The van der Waals surface area contributed by atoms with E-state index in [4.69, 9.17) is 4.42 Å². The number of benzene rings is 1. The van der Waals surface area contributed by atoms with Crippen LogP contribution in [0.2, 0.25) is 0 Å². The van der Waals surface area contributed by atoms with Crippen LogP contribution in [0.5, 0.6) is 0 Å². The second-order valence-electron chi connectivity index (χ2n) is 6.30. The summed E-state index contributed by atoms with van der Waals surface area (Å²) in [6.07, 6.45) is -0.478. The number of rotatable bonds is 6. The molecule has 1 unspecified atom stereocenters. The minimum absolute atomic E-state index is 0.153. The average molecular weight is 351 g/mol. The smallest absolute Gasteiger partial charge is 0.241 e. The van der Waals surface area contributed by atoms with E-state index in [0.29, 0.717) is 16.2 Å². The molecule has 6 heteroatoms. The molecule has 24 heavy (non-hydrogen) atoms. The van der Waals surface area contributed by atoms with Gasteiger partial charge in [0.15, 0.2) is 0 Å². The molecule has 0 saturated carbocycles. The van der Waals surface area contributed by atoms with Crippen LogP contribution in [0.15, 0.2) is 27.5 Å². The van der Waals surface area contributed by atoms with Gasteiger partial charge >= 0.3 is 0 Å². The fourth-order valence-corrected chi connectivity index (χ4v) is 4.63. The molecule has 1 heterocycles. The van der Waals surface area contributed by atoms with Crippen LogP contribution in [0.25, 0.3) is 0 Å². The monoisotopic (exact) mass is 351 g/mol. The second-order valence-corrected chi connectivity index (χ2v) is 8.00. The first kappa shape index (κ1) is 18.7. The Morgan fingerprint density at radius 1 is 1.08 bits per heavy atom. The van der Waals surface area contributed by atoms with Gasteiger partial charge in [0.1, 0.15) is 11.5 Å². The second kappa shape index (κ2) is 7.09. The molecule has 0 spiro atoms. The van der Waals surface area contributed by atoms with Crippen molar-refractivity contribution >= 4 is 10.0 Å². The minimum atomic E-state index is -3.61. The van der Waals surface area contributed by atoms with Gasteiger partial charge in [-0.3, -0.25) is 0 Å². The first-order chi connectivity index (χ1) is 11.1. The van der Waals surface area contributed by atoms with Crippen LogP contribution in [-0.2, 0) is 10.0 Å². The SMILES string of the molecule is Cc1cc(C)c(S(=O)(=O)NCCC(O)c2cc(C)oc2C)c(C)c1. The number of nitrogens with one attached hydrogen (secondary N) is 1. The third-order valence-electron chi connectivity index (χ3n) is 4.02. The zero-order valence-corrected chi connectivity index (χ0v) is 15.6. The predicted octanol–water partition coefficient (Wildman–Crippen LogP) is 3.22. The molecule has 0 saturated heterocycles. The third kappa shape index (κ3) is 4.06. The van der Waals surface area contributed by atoms with Gasteiger partial charge in [-0.05, 0) is 58.2 Å². The molecule has 0 aliphatic heterocycles. The lowest BCUT2D eigenvalue weighted by molar-refractivity contribution is 0.167. The van der Waals surface area contributed by atoms with Crippen LogP contribution in [0, 0.1) is 34.6 Å². The molecular weight excluding hydrogens is 326 g/mol. The van der Waals surface area contributed by atoms with Gasteiger partial charge in [-0.2, -0.15) is 0 Å². The maximum absolute atomic E-state index is 12.6. The van der Waals surface area contributed by atoms with Crippen molar-refractivity contribution < 1.29 is 17.9 Å². The number of hydrogen-bond acceptors (Lipinski definition) is 4. The highest BCUT2D eigenvalue weighted by Gasteiger charge is 2.21. The Labute approximate surface area is 143 Å². The largest absolute Gasteiger partial charge is 0.466 e. The summed E-state index contributed by atoms with van der Waals surface area (Å²) in [5.74, 6) is 1.39. The normalized spacial score (nSPS) is 13.2. The maximum Gasteiger partial charge on any atom is 0.241 e. The highest BCUT2D eigenvalue weighted by atomic mass is 32.2. The molecule has 0 amide bonds. The lowest BCUT2D eigenvalue weighted by Crippen LogP contribution is -2.27. The summed E-state index contributed by atoms with van der Waals surface area (Å²) < 4.78 is 33.1. The summed E-state index contributed by atoms with van der Waals surface area (Å²) in [4.78, 5) is 0.318. The number of sulfonamides is 1. The van der Waals surface area contributed by atoms with Gasteiger partial charge in [0, 0.05) is 12.1 Å². The van der Waals surface area contributed by atoms with Gasteiger partial charge in [0.25, 0.3) is 0 Å². The molecule has 0 radical (unpaired) electrons. The molecule has 0 fully saturated rings. The average Bonchev–Trinajstić information content (AvgIpc) is 2.75. The predicted molar refractivity (Wildman–Crippen MR) is 93.6 cm³/mol. The van der Waals surface area contributed by atoms with E-state index in [1.165, 1.54) is 0 Å². The van der Waals surface area contributed by atoms with Crippen LogP contribution >= 0.6 is 0 Å². The topological polar surface area (TPSA) is 79.5 Å². The summed E-state index contributed by atoms with van der Waals surface area (Å²) in [7, 11) is -3.61. The molecule has 0 bridgehead atoms. The Hall–Kier alpha value is -1.63. The lowest BCUT2D eigenvalue weighted by Gasteiger charge is -2.14. The van der Waals surface area contributed by atoms with Gasteiger partial charge in [-0.1, -0.05) is 17.7 Å². The fraction of sp³-hybridized carbons (Fsp3) is 0.444. The molecule has 2 rings (SSSR count).